The summed E-state index contributed by atoms with van der Waals surface area (Å²) in [7, 11) is 3.97. The topological polar surface area (TPSA) is 41.6 Å². The molecule has 0 aromatic heterocycles. The second-order valence-corrected chi connectivity index (χ2v) is 6.55. The van der Waals surface area contributed by atoms with Gasteiger partial charge in [-0.2, -0.15) is 0 Å². The molecule has 0 aliphatic rings. The van der Waals surface area contributed by atoms with Crippen LogP contribution in [0.2, 0.25) is 0 Å². The van der Waals surface area contributed by atoms with Crippen molar-refractivity contribution in [1.82, 2.24) is 4.90 Å². The van der Waals surface area contributed by atoms with Crippen molar-refractivity contribution >= 4 is 11.8 Å². The maximum atomic E-state index is 12.3. The Labute approximate surface area is 144 Å². The lowest BCUT2D eigenvalue weighted by atomic mass is 9.96. The van der Waals surface area contributed by atoms with Gasteiger partial charge in [0, 0.05) is 12.2 Å². The number of nitrogens with zero attached hydrogens (tertiary/aromatic N) is 1. The average Bonchev–Trinajstić information content (AvgIpc) is 2.54. The van der Waals surface area contributed by atoms with E-state index in [1.807, 2.05) is 74.4 Å². The number of benzene rings is 2. The Balaban J connectivity index is 1.99. The van der Waals surface area contributed by atoms with E-state index >= 15 is 0 Å². The molecule has 0 aliphatic carbocycles. The normalized spacial score (nSPS) is 13.3. The van der Waals surface area contributed by atoms with Crippen LogP contribution in [0, 0.1) is 0 Å². The minimum absolute atomic E-state index is 0.418. The van der Waals surface area contributed by atoms with E-state index in [-0.39, 0.29) is 0 Å². The number of hydrogen-bond donors (Lipinski definition) is 1. The maximum absolute atomic E-state index is 12.3. The molecule has 1 unspecified atom stereocenters. The van der Waals surface area contributed by atoms with E-state index in [2.05, 4.69) is 17.4 Å². The Morgan fingerprint density at radius 2 is 1.62 bits per heavy atom. The molecule has 24 heavy (non-hydrogen) atoms. The molecule has 0 radical (unpaired) electrons. The molecular formula is C20H26N2O2. The lowest BCUT2D eigenvalue weighted by Gasteiger charge is -2.32. The Hall–Kier alpha value is -2.33. The molecule has 2 aromatic rings. The highest BCUT2D eigenvalue weighted by molar-refractivity contribution is 5.84. The van der Waals surface area contributed by atoms with Gasteiger partial charge >= 0.3 is 6.09 Å². The number of hydrogen-bond acceptors (Lipinski definition) is 3. The zero-order valence-corrected chi connectivity index (χ0v) is 14.7. The first-order valence-electron chi connectivity index (χ1n) is 8.21. The first-order valence-corrected chi connectivity index (χ1v) is 8.21. The number of carbonyl (C=O) groups is 1. The van der Waals surface area contributed by atoms with Gasteiger partial charge in [0.2, 0.25) is 0 Å². The van der Waals surface area contributed by atoms with E-state index in [4.69, 9.17) is 4.74 Å². The number of aryl methyl sites for hydroxylation is 1. The third-order valence-electron chi connectivity index (χ3n) is 3.80. The fourth-order valence-electron chi connectivity index (χ4n) is 2.77. The molecule has 0 fully saturated rings. The van der Waals surface area contributed by atoms with Crippen molar-refractivity contribution in [3.05, 3.63) is 66.2 Å². The number of para-hydroxylation sites is 1. The van der Waals surface area contributed by atoms with E-state index in [9.17, 15) is 4.79 Å². The summed E-state index contributed by atoms with van der Waals surface area (Å²) in [5.74, 6) is 0. The van der Waals surface area contributed by atoms with Crippen LogP contribution in [0.1, 0.15) is 18.9 Å². The number of ether oxygens (including phenoxy) is 1. The highest BCUT2D eigenvalue weighted by Crippen LogP contribution is 2.21. The molecule has 1 N–H and O–H groups in total. The Kier molecular flexibility index (Phi) is 6.38. The van der Waals surface area contributed by atoms with Gasteiger partial charge in [-0.25, -0.2) is 4.79 Å². The number of carbonyl (C=O) groups excluding carboxylic acids is 1. The van der Waals surface area contributed by atoms with E-state index < -0.39 is 11.7 Å². The van der Waals surface area contributed by atoms with Gasteiger partial charge < -0.3 is 9.64 Å². The van der Waals surface area contributed by atoms with Crippen LogP contribution >= 0.6 is 0 Å². The number of amides is 1. The van der Waals surface area contributed by atoms with Gasteiger partial charge in [-0.3, -0.25) is 5.32 Å². The molecular weight excluding hydrogens is 300 g/mol. The van der Waals surface area contributed by atoms with Crippen molar-refractivity contribution < 1.29 is 9.53 Å². The molecule has 1 atom stereocenters. The van der Waals surface area contributed by atoms with E-state index in [1.165, 1.54) is 5.56 Å². The summed E-state index contributed by atoms with van der Waals surface area (Å²) in [6.45, 7) is 2.66. The summed E-state index contributed by atoms with van der Waals surface area (Å²) in [6.07, 6.45) is 1.21. The molecule has 2 rings (SSSR count). The van der Waals surface area contributed by atoms with E-state index in [0.717, 1.165) is 18.5 Å². The summed E-state index contributed by atoms with van der Waals surface area (Å²) in [5, 5.41) is 2.79. The van der Waals surface area contributed by atoms with Crippen molar-refractivity contribution in [1.29, 1.82) is 0 Å². The monoisotopic (exact) mass is 326 g/mol. The Bertz CT molecular complexity index is 629. The van der Waals surface area contributed by atoms with Crippen LogP contribution in [0.15, 0.2) is 60.7 Å². The third kappa shape index (κ3) is 6.05. The van der Waals surface area contributed by atoms with Crippen LogP contribution in [0.25, 0.3) is 0 Å². The molecule has 128 valence electrons. The predicted octanol–water partition coefficient (Wildman–Crippen LogP) is 4.19. The highest BCUT2D eigenvalue weighted by atomic mass is 16.6. The van der Waals surface area contributed by atoms with Crippen LogP contribution in [0.3, 0.4) is 0 Å². The van der Waals surface area contributed by atoms with Crippen molar-refractivity contribution in [3.8, 4) is 0 Å². The maximum Gasteiger partial charge on any atom is 0.412 e. The molecule has 2 aromatic carbocycles. The number of anilines is 1. The quantitative estimate of drug-likeness (QED) is 0.829. The zero-order valence-electron chi connectivity index (χ0n) is 14.7. The van der Waals surface area contributed by atoms with Gasteiger partial charge in [0.05, 0.1) is 0 Å². The summed E-state index contributed by atoms with van der Waals surface area (Å²) >= 11 is 0. The summed E-state index contributed by atoms with van der Waals surface area (Å²) in [5.41, 5.74) is 1.42. The number of rotatable bonds is 7. The van der Waals surface area contributed by atoms with Gasteiger partial charge in [0.15, 0.2) is 0 Å². The molecule has 4 heteroatoms. The van der Waals surface area contributed by atoms with Crippen LogP contribution < -0.4 is 5.32 Å². The lowest BCUT2D eigenvalue weighted by molar-refractivity contribution is 0.00886. The standard InChI is InChI=1S/C20H26N2O2/c1-20(16-22(2)3,15-14-17-10-6-4-7-11-17)24-19(23)21-18-12-8-5-9-13-18/h4-13H,14-16H2,1-3H3,(H,21,23). The molecule has 4 nitrogen and oxygen atoms in total. The minimum atomic E-state index is -0.557. The molecule has 0 aliphatic heterocycles. The van der Waals surface area contributed by atoms with Gasteiger partial charge in [-0.1, -0.05) is 48.5 Å². The van der Waals surface area contributed by atoms with E-state index in [0.29, 0.717) is 6.54 Å². The van der Waals surface area contributed by atoms with Crippen molar-refractivity contribution in [2.45, 2.75) is 25.4 Å². The van der Waals surface area contributed by atoms with Crippen LogP contribution in [-0.4, -0.2) is 37.2 Å². The van der Waals surface area contributed by atoms with Crippen LogP contribution in [0.5, 0.6) is 0 Å². The van der Waals surface area contributed by atoms with Crippen molar-refractivity contribution in [2.75, 3.05) is 26.0 Å². The van der Waals surface area contributed by atoms with Crippen LogP contribution in [-0.2, 0) is 11.2 Å². The smallest absolute Gasteiger partial charge is 0.412 e. The SMILES string of the molecule is CN(C)CC(C)(CCc1ccccc1)OC(=O)Nc1ccccc1. The summed E-state index contributed by atoms with van der Waals surface area (Å²) in [6, 6.07) is 19.6. The van der Waals surface area contributed by atoms with Gasteiger partial charge in [-0.05, 0) is 51.6 Å². The van der Waals surface area contributed by atoms with E-state index in [1.54, 1.807) is 0 Å². The fraction of sp³-hybridized carbons (Fsp3) is 0.350. The molecule has 0 spiro atoms. The summed E-state index contributed by atoms with van der Waals surface area (Å²) in [4.78, 5) is 14.3. The largest absolute Gasteiger partial charge is 0.442 e. The number of nitrogens with one attached hydrogen (secondary N) is 1. The zero-order chi connectivity index (χ0) is 17.4. The molecule has 0 bridgehead atoms. The Morgan fingerprint density at radius 3 is 2.21 bits per heavy atom. The molecule has 0 saturated carbocycles. The fourth-order valence-corrected chi connectivity index (χ4v) is 2.77. The molecule has 1 amide bonds. The third-order valence-corrected chi connectivity index (χ3v) is 3.80. The van der Waals surface area contributed by atoms with Gasteiger partial charge in [0.25, 0.3) is 0 Å². The van der Waals surface area contributed by atoms with Crippen LogP contribution in [0.4, 0.5) is 10.5 Å². The first kappa shape index (κ1) is 18.0. The lowest BCUT2D eigenvalue weighted by Crippen LogP contribution is -2.43. The molecule has 0 heterocycles. The van der Waals surface area contributed by atoms with Crippen molar-refractivity contribution in [2.24, 2.45) is 0 Å². The predicted molar refractivity (Wildman–Crippen MR) is 98.3 cm³/mol. The van der Waals surface area contributed by atoms with Crippen molar-refractivity contribution in [3.63, 3.8) is 0 Å². The Morgan fingerprint density at radius 1 is 1.04 bits per heavy atom. The second-order valence-electron chi connectivity index (χ2n) is 6.55. The summed E-state index contributed by atoms with van der Waals surface area (Å²) < 4.78 is 5.78. The van der Waals surface area contributed by atoms with Gasteiger partial charge in [0.1, 0.15) is 5.60 Å². The highest BCUT2D eigenvalue weighted by Gasteiger charge is 2.29. The minimum Gasteiger partial charge on any atom is -0.442 e. The number of likely N-dealkylation sites (N-methyl/N-ethyl adjacent to an activating group) is 1. The van der Waals surface area contributed by atoms with Gasteiger partial charge in [-0.15, -0.1) is 0 Å². The average molecular weight is 326 g/mol. The first-order chi connectivity index (χ1) is 11.5. The molecule has 0 saturated heterocycles. The second kappa shape index (κ2) is 8.50.